The Kier molecular flexibility index (Phi) is 9.63. The van der Waals surface area contributed by atoms with Gasteiger partial charge in [-0.3, -0.25) is 33.1 Å². The fourth-order valence-electron chi connectivity index (χ4n) is 9.80. The van der Waals surface area contributed by atoms with Crippen molar-refractivity contribution in [2.45, 2.75) is 59.2 Å². The van der Waals surface area contributed by atoms with Crippen molar-refractivity contribution in [2.24, 2.45) is 5.92 Å². The average Bonchev–Trinajstić information content (AvgIpc) is 3.95. The van der Waals surface area contributed by atoms with Crippen molar-refractivity contribution in [3.63, 3.8) is 0 Å². The van der Waals surface area contributed by atoms with Gasteiger partial charge < -0.3 is 14.2 Å². The van der Waals surface area contributed by atoms with Crippen LogP contribution in [-0.2, 0) is 29.8 Å². The number of nitrogens with one attached hydrogen (secondary N) is 1. The Morgan fingerprint density at radius 2 is 1.76 bits per heavy atom. The molecule has 3 aromatic carbocycles. The summed E-state index contributed by atoms with van der Waals surface area (Å²) in [7, 11) is 1.64. The maximum atomic E-state index is 15.4. The van der Waals surface area contributed by atoms with E-state index < -0.39 is 11.3 Å². The van der Waals surface area contributed by atoms with Crippen LogP contribution in [0.1, 0.15) is 57.7 Å². The number of rotatable bonds is 10. The minimum absolute atomic E-state index is 0.0127. The lowest BCUT2D eigenvalue weighted by molar-refractivity contribution is 0.0721. The van der Waals surface area contributed by atoms with Crippen LogP contribution in [0.5, 0.6) is 0 Å². The maximum Gasteiger partial charge on any atom is 0.438 e. The molecule has 1 amide bonds. The van der Waals surface area contributed by atoms with Crippen LogP contribution in [0.4, 0.5) is 4.39 Å². The number of benzene rings is 3. The van der Waals surface area contributed by atoms with Crippen molar-refractivity contribution in [1.29, 1.82) is 0 Å². The molecule has 66 heavy (non-hydrogen) atoms. The fourth-order valence-corrected chi connectivity index (χ4v) is 10.0. The smallest absolute Gasteiger partial charge is 0.383 e. The molecule has 0 spiro atoms. The maximum absolute atomic E-state index is 15.4. The Bertz CT molecular complexity index is 3550. The van der Waals surface area contributed by atoms with Gasteiger partial charge in [-0.25, -0.2) is 18.7 Å². The van der Waals surface area contributed by atoms with Crippen molar-refractivity contribution >= 4 is 39.3 Å². The van der Waals surface area contributed by atoms with E-state index in [2.05, 4.69) is 20.2 Å². The monoisotopic (exact) mass is 907 g/mol. The van der Waals surface area contributed by atoms with E-state index in [0.717, 1.165) is 32.9 Å². The molecule has 2 aliphatic rings. The minimum Gasteiger partial charge on any atom is -0.383 e. The second kappa shape index (κ2) is 15.4. The van der Waals surface area contributed by atoms with Gasteiger partial charge in [-0.1, -0.05) is 29.7 Å². The molecule has 7 heterocycles. The number of aryl methyl sites for hydroxylation is 3. The van der Waals surface area contributed by atoms with E-state index in [1.54, 1.807) is 72.0 Å². The van der Waals surface area contributed by atoms with Gasteiger partial charge >= 0.3 is 11.4 Å². The SMILES string of the molecule is COCCn1ncc2cc(-n3ccn(-c4c5c(nn4-c4cc(C)c(F)c(C)c4)CCN(C(=O)c4cc6cc(-c7ccnc(C)c7Cl)ccc6n4[C@@]4(c6noc(=O)[nH]6)C[C@@H]4C)C5)c3=O)ccc21. The van der Waals surface area contributed by atoms with Crippen molar-refractivity contribution in [3.05, 3.63) is 157 Å². The first-order valence-corrected chi connectivity index (χ1v) is 22.0. The highest BCUT2D eigenvalue weighted by Crippen LogP contribution is 2.56. The number of hydrogen-bond acceptors (Lipinski definition) is 9. The number of pyridine rings is 1. The highest BCUT2D eigenvalue weighted by atomic mass is 35.5. The third-order valence-corrected chi connectivity index (χ3v) is 13.8. The predicted molar refractivity (Wildman–Crippen MR) is 244 cm³/mol. The van der Waals surface area contributed by atoms with E-state index in [0.29, 0.717) is 94.3 Å². The molecule has 11 rings (SSSR count). The van der Waals surface area contributed by atoms with E-state index in [1.807, 2.05) is 71.6 Å². The second-order valence-corrected chi connectivity index (χ2v) is 17.7. The highest BCUT2D eigenvalue weighted by molar-refractivity contribution is 6.34. The Morgan fingerprint density at radius 3 is 2.50 bits per heavy atom. The topological polar surface area (TPSA) is 169 Å². The molecule has 0 radical (unpaired) electrons. The zero-order chi connectivity index (χ0) is 45.8. The van der Waals surface area contributed by atoms with Crippen LogP contribution < -0.4 is 11.4 Å². The largest absolute Gasteiger partial charge is 0.438 e. The third-order valence-electron chi connectivity index (χ3n) is 13.3. The van der Waals surface area contributed by atoms with E-state index >= 15 is 9.18 Å². The number of amides is 1. The summed E-state index contributed by atoms with van der Waals surface area (Å²) in [6.07, 6.45) is 7.84. The first-order chi connectivity index (χ1) is 31.9. The van der Waals surface area contributed by atoms with E-state index in [-0.39, 0.29) is 29.9 Å². The van der Waals surface area contributed by atoms with Gasteiger partial charge in [-0.05, 0) is 104 Å². The van der Waals surface area contributed by atoms with Crippen LogP contribution in [0, 0.1) is 32.5 Å². The fraction of sp³-hybridized carbons (Fsp3) is 0.271. The number of halogens is 2. The summed E-state index contributed by atoms with van der Waals surface area (Å²) in [4.78, 5) is 51.3. The quantitative estimate of drug-likeness (QED) is 0.149. The lowest BCUT2D eigenvalue weighted by atomic mass is 10.0. The molecule has 1 fully saturated rings. The molecular weight excluding hydrogens is 865 g/mol. The van der Waals surface area contributed by atoms with Crippen LogP contribution in [0.25, 0.3) is 50.1 Å². The molecule has 9 aromatic rings. The molecule has 1 aliphatic heterocycles. The molecule has 2 atom stereocenters. The third kappa shape index (κ3) is 6.39. The number of fused-ring (bicyclic) bond motifs is 3. The Hall–Kier alpha value is -7.37. The number of nitrogens with zero attached hydrogens (tertiary/aromatic N) is 10. The Balaban J connectivity index is 1.03. The summed E-state index contributed by atoms with van der Waals surface area (Å²) in [5.74, 6) is -0.514. The molecule has 1 N–H and O–H groups in total. The van der Waals surface area contributed by atoms with Crippen LogP contribution in [0.2, 0.25) is 5.02 Å². The number of H-pyrrole nitrogens is 1. The summed E-state index contributed by atoms with van der Waals surface area (Å²) >= 11 is 6.76. The van der Waals surface area contributed by atoms with Crippen molar-refractivity contribution in [1.82, 2.24) is 53.3 Å². The molecule has 0 saturated heterocycles. The minimum atomic E-state index is -0.873. The molecule has 16 nitrogen and oxygen atoms in total. The van der Waals surface area contributed by atoms with Gasteiger partial charge in [-0.15, -0.1) is 0 Å². The van der Waals surface area contributed by atoms with Gasteiger partial charge in [0.1, 0.15) is 22.9 Å². The van der Waals surface area contributed by atoms with Crippen molar-refractivity contribution in [2.75, 3.05) is 20.3 Å². The number of imidazole rings is 1. The molecule has 1 saturated carbocycles. The zero-order valence-electron chi connectivity index (χ0n) is 36.7. The average molecular weight is 908 g/mol. The van der Waals surface area contributed by atoms with Gasteiger partial charge in [0.15, 0.2) is 5.82 Å². The van der Waals surface area contributed by atoms with Crippen LogP contribution in [0.3, 0.4) is 0 Å². The number of carbonyl (C=O) groups is 1. The van der Waals surface area contributed by atoms with Crippen molar-refractivity contribution < 1.29 is 18.4 Å². The highest BCUT2D eigenvalue weighted by Gasteiger charge is 2.59. The summed E-state index contributed by atoms with van der Waals surface area (Å²) in [5.41, 5.74) is 6.63. The van der Waals surface area contributed by atoms with E-state index in [9.17, 15) is 9.59 Å². The molecule has 0 unspecified atom stereocenters. The summed E-state index contributed by atoms with van der Waals surface area (Å²) < 4.78 is 34.0. The summed E-state index contributed by atoms with van der Waals surface area (Å²) in [5, 5.41) is 15.9. The summed E-state index contributed by atoms with van der Waals surface area (Å²) in [6, 6.07) is 18.8. The van der Waals surface area contributed by atoms with Gasteiger partial charge in [0.05, 0.1) is 59.2 Å². The lowest BCUT2D eigenvalue weighted by Crippen LogP contribution is -2.39. The Morgan fingerprint density at radius 1 is 0.985 bits per heavy atom. The first-order valence-electron chi connectivity index (χ1n) is 21.6. The molecule has 334 valence electrons. The Labute approximate surface area is 380 Å². The first kappa shape index (κ1) is 41.3. The standard InChI is InChI=1S/C48H43ClFN11O5/c1-26-18-34(19-27(2)42(26)50)61-43(58-15-14-57(47(58)64)33-7-9-38-32(21-33)24-52-59(38)16-17-65-5)36-25-56(13-11-37(36)54-61)44(62)40-22-31-20-30(35-10-12-51-29(4)41(35)49)6-8-39(31)60(40)48(23-28(48)3)45-53-46(63)66-55-45/h6-10,12,14-15,18-22,24,28H,11,13,16-17,23,25H2,1-5H3,(H,53,55,63)/t28-,48-/m0/s1. The van der Waals surface area contributed by atoms with Gasteiger partial charge in [-0.2, -0.15) is 10.2 Å². The van der Waals surface area contributed by atoms with Crippen LogP contribution >= 0.6 is 11.6 Å². The van der Waals surface area contributed by atoms with Crippen LogP contribution in [-0.4, -0.2) is 79.5 Å². The number of aromatic nitrogens is 10. The number of hydrogen-bond donors (Lipinski definition) is 1. The van der Waals surface area contributed by atoms with Gasteiger partial charge in [0.2, 0.25) is 0 Å². The van der Waals surface area contributed by atoms with E-state index in [1.165, 1.54) is 4.57 Å². The van der Waals surface area contributed by atoms with Gasteiger partial charge in [0, 0.05) is 66.1 Å². The van der Waals surface area contributed by atoms with Crippen LogP contribution in [0.15, 0.2) is 99.6 Å². The molecular formula is C48H43ClFN11O5. The molecule has 1 aliphatic carbocycles. The lowest BCUT2D eigenvalue weighted by Gasteiger charge is -2.29. The van der Waals surface area contributed by atoms with Gasteiger partial charge in [0.25, 0.3) is 5.91 Å². The predicted octanol–water partition coefficient (Wildman–Crippen LogP) is 7.20. The molecule has 0 bridgehead atoms. The number of methoxy groups -OCH3 is 1. The molecule has 18 heteroatoms. The zero-order valence-corrected chi connectivity index (χ0v) is 37.4. The van der Waals surface area contributed by atoms with Crippen molar-refractivity contribution in [3.8, 4) is 28.3 Å². The summed E-state index contributed by atoms with van der Waals surface area (Å²) in [6.45, 7) is 8.81. The van der Waals surface area contributed by atoms with E-state index in [4.69, 9.17) is 26.0 Å². The molecule has 6 aromatic heterocycles. The number of ether oxygens (including phenoxy) is 1. The number of carbonyl (C=O) groups excluding carboxylic acids is 1. The normalized spacial score (nSPS) is 17.0. The second-order valence-electron chi connectivity index (χ2n) is 17.3. The number of aromatic amines is 1.